The van der Waals surface area contributed by atoms with E-state index in [1.165, 1.54) is 12.1 Å². The molecule has 0 saturated carbocycles. The molecule has 0 aliphatic heterocycles. The zero-order valence-electron chi connectivity index (χ0n) is 11.3. The van der Waals surface area contributed by atoms with Gasteiger partial charge in [0.1, 0.15) is 5.56 Å². The van der Waals surface area contributed by atoms with Crippen LogP contribution in [0.1, 0.15) is 32.1 Å². The van der Waals surface area contributed by atoms with E-state index < -0.39 is 11.9 Å². The maximum absolute atomic E-state index is 12.3. The standard InChI is InChI=1S/C14H12ClN3O3/c1-7-6-9(8(2)18-17-7)13(19)16-11-5-3-4-10(15)12(11)14(20)21/h3-6H,1-2H3,(H,16,19)(H,20,21). The summed E-state index contributed by atoms with van der Waals surface area (Å²) in [5.74, 6) is -1.67. The van der Waals surface area contributed by atoms with E-state index in [9.17, 15) is 14.7 Å². The number of hydrogen-bond acceptors (Lipinski definition) is 4. The summed E-state index contributed by atoms with van der Waals surface area (Å²) in [5.41, 5.74) is 1.36. The number of hydrogen-bond donors (Lipinski definition) is 2. The summed E-state index contributed by atoms with van der Waals surface area (Å²) in [6.45, 7) is 3.36. The molecular weight excluding hydrogens is 294 g/mol. The number of carbonyl (C=O) groups is 2. The Morgan fingerprint density at radius 3 is 2.62 bits per heavy atom. The Morgan fingerprint density at radius 2 is 1.95 bits per heavy atom. The normalized spacial score (nSPS) is 10.2. The van der Waals surface area contributed by atoms with Crippen LogP contribution >= 0.6 is 11.6 Å². The van der Waals surface area contributed by atoms with Crippen molar-refractivity contribution >= 4 is 29.2 Å². The number of amides is 1. The third-order valence-electron chi connectivity index (χ3n) is 2.82. The summed E-state index contributed by atoms with van der Waals surface area (Å²) in [7, 11) is 0. The molecule has 7 heteroatoms. The van der Waals surface area contributed by atoms with Crippen LogP contribution in [-0.2, 0) is 0 Å². The summed E-state index contributed by atoms with van der Waals surface area (Å²) in [6.07, 6.45) is 0. The molecule has 2 N–H and O–H groups in total. The van der Waals surface area contributed by atoms with Crippen molar-refractivity contribution in [3.63, 3.8) is 0 Å². The van der Waals surface area contributed by atoms with Crippen LogP contribution in [0.3, 0.4) is 0 Å². The summed E-state index contributed by atoms with van der Waals surface area (Å²) in [6, 6.07) is 6.07. The van der Waals surface area contributed by atoms with Gasteiger partial charge in [-0.1, -0.05) is 17.7 Å². The first kappa shape index (κ1) is 14.9. The average Bonchev–Trinajstić information content (AvgIpc) is 2.41. The molecule has 0 fully saturated rings. The van der Waals surface area contributed by atoms with E-state index in [0.717, 1.165) is 0 Å². The van der Waals surface area contributed by atoms with Crippen molar-refractivity contribution in [2.75, 3.05) is 5.32 Å². The number of carboxylic acid groups (broad SMARTS) is 1. The number of rotatable bonds is 3. The van der Waals surface area contributed by atoms with Gasteiger partial charge in [0.15, 0.2) is 0 Å². The lowest BCUT2D eigenvalue weighted by molar-refractivity contribution is 0.0698. The second-order valence-electron chi connectivity index (χ2n) is 4.41. The molecule has 1 aromatic carbocycles. The maximum atomic E-state index is 12.3. The minimum Gasteiger partial charge on any atom is -0.478 e. The highest BCUT2D eigenvalue weighted by Crippen LogP contribution is 2.25. The molecule has 6 nitrogen and oxygen atoms in total. The van der Waals surface area contributed by atoms with Gasteiger partial charge in [0.2, 0.25) is 0 Å². The van der Waals surface area contributed by atoms with Gasteiger partial charge in [0.25, 0.3) is 5.91 Å². The van der Waals surface area contributed by atoms with Crippen LogP contribution in [-0.4, -0.2) is 27.2 Å². The Hall–Kier alpha value is -2.47. The third-order valence-corrected chi connectivity index (χ3v) is 3.14. The molecule has 2 aromatic rings. The Bertz CT molecular complexity index is 731. The number of aromatic nitrogens is 2. The molecule has 0 atom stereocenters. The predicted octanol–water partition coefficient (Wildman–Crippen LogP) is 2.70. The molecule has 0 aliphatic rings. The quantitative estimate of drug-likeness (QED) is 0.909. The van der Waals surface area contributed by atoms with E-state index in [4.69, 9.17) is 11.6 Å². The molecule has 1 aromatic heterocycles. The van der Waals surface area contributed by atoms with Crippen LogP contribution in [0, 0.1) is 13.8 Å². The number of nitrogens with zero attached hydrogens (tertiary/aromatic N) is 2. The molecule has 108 valence electrons. The lowest BCUT2D eigenvalue weighted by Gasteiger charge is -2.10. The van der Waals surface area contributed by atoms with Gasteiger partial charge in [-0.2, -0.15) is 10.2 Å². The summed E-state index contributed by atoms with van der Waals surface area (Å²) in [5, 5.41) is 19.5. The predicted molar refractivity (Wildman–Crippen MR) is 77.9 cm³/mol. The van der Waals surface area contributed by atoms with Gasteiger partial charge >= 0.3 is 5.97 Å². The molecule has 0 bridgehead atoms. The van der Waals surface area contributed by atoms with E-state index in [0.29, 0.717) is 17.0 Å². The van der Waals surface area contributed by atoms with Crippen molar-refractivity contribution in [2.45, 2.75) is 13.8 Å². The van der Waals surface area contributed by atoms with Crippen LogP contribution in [0.2, 0.25) is 5.02 Å². The zero-order valence-corrected chi connectivity index (χ0v) is 12.1. The first-order chi connectivity index (χ1) is 9.90. The molecule has 0 radical (unpaired) electrons. The summed E-state index contributed by atoms with van der Waals surface area (Å²) >= 11 is 5.86. The van der Waals surface area contributed by atoms with Crippen LogP contribution < -0.4 is 5.32 Å². The molecule has 2 rings (SSSR count). The molecule has 21 heavy (non-hydrogen) atoms. The van der Waals surface area contributed by atoms with Gasteiger partial charge in [-0.05, 0) is 32.0 Å². The van der Waals surface area contributed by atoms with Gasteiger partial charge in [-0.25, -0.2) is 4.79 Å². The van der Waals surface area contributed by atoms with Gasteiger partial charge < -0.3 is 10.4 Å². The van der Waals surface area contributed by atoms with E-state index in [2.05, 4.69) is 15.5 Å². The Kier molecular flexibility index (Phi) is 4.18. The molecule has 1 amide bonds. The lowest BCUT2D eigenvalue weighted by atomic mass is 10.1. The molecule has 0 aliphatic carbocycles. The van der Waals surface area contributed by atoms with Crippen LogP contribution in [0.5, 0.6) is 0 Å². The number of aryl methyl sites for hydroxylation is 2. The SMILES string of the molecule is Cc1cc(C(=O)Nc2cccc(Cl)c2C(=O)O)c(C)nn1. The van der Waals surface area contributed by atoms with E-state index in [1.807, 2.05) is 0 Å². The van der Waals surface area contributed by atoms with E-state index in [-0.39, 0.29) is 16.3 Å². The van der Waals surface area contributed by atoms with Crippen LogP contribution in [0.15, 0.2) is 24.3 Å². The monoisotopic (exact) mass is 305 g/mol. The number of carboxylic acids is 1. The van der Waals surface area contributed by atoms with Crippen molar-refractivity contribution in [3.05, 3.63) is 51.8 Å². The van der Waals surface area contributed by atoms with Gasteiger partial charge in [0, 0.05) is 0 Å². The van der Waals surface area contributed by atoms with Gasteiger partial charge in [-0.3, -0.25) is 4.79 Å². The zero-order chi connectivity index (χ0) is 15.6. The van der Waals surface area contributed by atoms with Crippen LogP contribution in [0.4, 0.5) is 5.69 Å². The average molecular weight is 306 g/mol. The number of halogens is 1. The Balaban J connectivity index is 2.39. The third kappa shape index (κ3) is 3.17. The molecule has 0 unspecified atom stereocenters. The van der Waals surface area contributed by atoms with Gasteiger partial charge in [-0.15, -0.1) is 0 Å². The first-order valence-electron chi connectivity index (χ1n) is 6.04. The van der Waals surface area contributed by atoms with Crippen molar-refractivity contribution in [2.24, 2.45) is 0 Å². The highest BCUT2D eigenvalue weighted by molar-refractivity contribution is 6.34. The van der Waals surface area contributed by atoms with E-state index in [1.54, 1.807) is 26.0 Å². The van der Waals surface area contributed by atoms with Gasteiger partial charge in [0.05, 0.1) is 27.7 Å². The number of benzene rings is 1. The smallest absolute Gasteiger partial charge is 0.339 e. The fourth-order valence-corrected chi connectivity index (χ4v) is 2.07. The second kappa shape index (κ2) is 5.88. The van der Waals surface area contributed by atoms with Crippen molar-refractivity contribution in [1.29, 1.82) is 0 Å². The minimum absolute atomic E-state index is 0.0565. The highest BCUT2D eigenvalue weighted by Gasteiger charge is 2.18. The van der Waals surface area contributed by atoms with Crippen LogP contribution in [0.25, 0.3) is 0 Å². The molecule has 0 saturated heterocycles. The number of anilines is 1. The maximum Gasteiger partial charge on any atom is 0.339 e. The largest absolute Gasteiger partial charge is 0.478 e. The number of carbonyl (C=O) groups excluding carboxylic acids is 1. The summed E-state index contributed by atoms with van der Waals surface area (Å²) < 4.78 is 0. The Morgan fingerprint density at radius 1 is 1.24 bits per heavy atom. The number of aromatic carboxylic acids is 1. The highest BCUT2D eigenvalue weighted by atomic mass is 35.5. The number of nitrogens with one attached hydrogen (secondary N) is 1. The summed E-state index contributed by atoms with van der Waals surface area (Å²) in [4.78, 5) is 23.5. The Labute approximate surface area is 125 Å². The second-order valence-corrected chi connectivity index (χ2v) is 4.81. The lowest BCUT2D eigenvalue weighted by Crippen LogP contribution is -2.17. The van der Waals surface area contributed by atoms with Crippen molar-refractivity contribution in [1.82, 2.24) is 10.2 Å². The first-order valence-corrected chi connectivity index (χ1v) is 6.42. The van der Waals surface area contributed by atoms with Crippen molar-refractivity contribution < 1.29 is 14.7 Å². The fourth-order valence-electron chi connectivity index (χ4n) is 1.82. The minimum atomic E-state index is -1.21. The van der Waals surface area contributed by atoms with Crippen molar-refractivity contribution in [3.8, 4) is 0 Å². The molecule has 1 heterocycles. The topological polar surface area (TPSA) is 92.2 Å². The fraction of sp³-hybridized carbons (Fsp3) is 0.143. The van der Waals surface area contributed by atoms with E-state index >= 15 is 0 Å². The molecule has 0 spiro atoms. The molecular formula is C14H12ClN3O3.